The maximum atomic E-state index is 4.06. The summed E-state index contributed by atoms with van der Waals surface area (Å²) in [7, 11) is 0. The summed E-state index contributed by atoms with van der Waals surface area (Å²) in [5, 5.41) is 3.61. The van der Waals surface area contributed by atoms with E-state index in [4.69, 9.17) is 0 Å². The van der Waals surface area contributed by atoms with Crippen LogP contribution in [0.25, 0.3) is 0 Å². The smallest absolute Gasteiger partial charge is 0.0472 e. The largest absolute Gasteiger partial charge is 0.311 e. The van der Waals surface area contributed by atoms with Gasteiger partial charge in [0.2, 0.25) is 0 Å². The van der Waals surface area contributed by atoms with Gasteiger partial charge in [0.25, 0.3) is 0 Å². The quantitative estimate of drug-likeness (QED) is 0.882. The van der Waals surface area contributed by atoms with Crippen molar-refractivity contribution < 1.29 is 0 Å². The fraction of sp³-hybridized carbons (Fsp3) is 0.389. The van der Waals surface area contributed by atoms with Gasteiger partial charge in [-0.15, -0.1) is 0 Å². The summed E-state index contributed by atoms with van der Waals surface area (Å²) in [5.74, 6) is 0. The molecule has 1 aliphatic rings. The van der Waals surface area contributed by atoms with Crippen molar-refractivity contribution in [2.75, 3.05) is 19.6 Å². The van der Waals surface area contributed by atoms with Gasteiger partial charge in [0.15, 0.2) is 0 Å². The van der Waals surface area contributed by atoms with Crippen LogP contribution in [0.1, 0.15) is 30.0 Å². The molecule has 0 unspecified atom stereocenters. The Kier molecular flexibility index (Phi) is 4.98. The predicted octanol–water partition coefficient (Wildman–Crippen LogP) is 3.01. The lowest BCUT2D eigenvalue weighted by atomic mass is 10.1. The molecule has 0 amide bonds. The Balaban J connectivity index is 1.62. The minimum atomic E-state index is 0.482. The van der Waals surface area contributed by atoms with Crippen LogP contribution in [0.5, 0.6) is 0 Å². The van der Waals surface area contributed by atoms with Crippen LogP contribution in [-0.4, -0.2) is 29.5 Å². The number of nitrogens with zero attached hydrogens (tertiary/aromatic N) is 2. The second-order valence-corrected chi connectivity index (χ2v) is 5.66. The highest BCUT2D eigenvalue weighted by molar-refractivity contribution is 5.20. The number of hydrogen-bond donors (Lipinski definition) is 1. The van der Waals surface area contributed by atoms with Gasteiger partial charge in [-0.2, -0.15) is 0 Å². The van der Waals surface area contributed by atoms with E-state index in [-0.39, 0.29) is 0 Å². The molecule has 1 aliphatic heterocycles. The Hall–Kier alpha value is -1.71. The Bertz CT molecular complexity index is 521. The zero-order valence-corrected chi connectivity index (χ0v) is 12.4. The second-order valence-electron chi connectivity index (χ2n) is 5.66. The minimum Gasteiger partial charge on any atom is -0.311 e. The fourth-order valence-electron chi connectivity index (χ4n) is 3.04. The highest BCUT2D eigenvalue weighted by atomic mass is 15.2. The van der Waals surface area contributed by atoms with Crippen LogP contribution >= 0.6 is 0 Å². The predicted molar refractivity (Wildman–Crippen MR) is 85.9 cm³/mol. The monoisotopic (exact) mass is 281 g/mol. The molecule has 3 rings (SSSR count). The minimum absolute atomic E-state index is 0.482. The Morgan fingerprint density at radius 1 is 1.00 bits per heavy atom. The van der Waals surface area contributed by atoms with Crippen LogP contribution in [0.3, 0.4) is 0 Å². The molecule has 2 aromatic rings. The van der Waals surface area contributed by atoms with Gasteiger partial charge in [-0.3, -0.25) is 9.88 Å². The van der Waals surface area contributed by atoms with Crippen molar-refractivity contribution in [3.05, 3.63) is 66.0 Å². The van der Waals surface area contributed by atoms with E-state index >= 15 is 0 Å². The standard InChI is InChI=1S/C18H23N3/c1-2-6-17(7-3-1)18(21-12-4-5-13-21)15-20-14-16-8-10-19-11-9-16/h1-3,6-11,18,20H,4-5,12-15H2/t18-/m1/s1. The summed E-state index contributed by atoms with van der Waals surface area (Å²) in [4.78, 5) is 6.67. The van der Waals surface area contributed by atoms with Crippen LogP contribution in [0.15, 0.2) is 54.9 Å². The molecule has 1 atom stereocenters. The first kappa shape index (κ1) is 14.2. The molecule has 1 N–H and O–H groups in total. The molecule has 3 heteroatoms. The number of aromatic nitrogens is 1. The van der Waals surface area contributed by atoms with Crippen molar-refractivity contribution in [2.24, 2.45) is 0 Å². The number of pyridine rings is 1. The van der Waals surface area contributed by atoms with Crippen molar-refractivity contribution in [1.29, 1.82) is 0 Å². The molecule has 2 heterocycles. The van der Waals surface area contributed by atoms with Gasteiger partial charge in [0.1, 0.15) is 0 Å². The molecule has 21 heavy (non-hydrogen) atoms. The first-order chi connectivity index (χ1) is 10.4. The van der Waals surface area contributed by atoms with Gasteiger partial charge >= 0.3 is 0 Å². The topological polar surface area (TPSA) is 28.2 Å². The molecule has 1 fully saturated rings. The number of rotatable bonds is 6. The molecule has 1 saturated heterocycles. The van der Waals surface area contributed by atoms with Crippen molar-refractivity contribution in [1.82, 2.24) is 15.2 Å². The summed E-state index contributed by atoms with van der Waals surface area (Å²) in [6, 6.07) is 15.5. The van der Waals surface area contributed by atoms with E-state index in [1.54, 1.807) is 0 Å². The molecular weight excluding hydrogens is 258 g/mol. The summed E-state index contributed by atoms with van der Waals surface area (Å²) in [6.45, 7) is 4.33. The van der Waals surface area contributed by atoms with E-state index in [2.05, 4.69) is 57.7 Å². The third kappa shape index (κ3) is 3.90. The van der Waals surface area contributed by atoms with Gasteiger partial charge in [-0.05, 0) is 49.2 Å². The lowest BCUT2D eigenvalue weighted by Gasteiger charge is -2.28. The van der Waals surface area contributed by atoms with Gasteiger partial charge < -0.3 is 5.32 Å². The average molecular weight is 281 g/mol. The number of hydrogen-bond acceptors (Lipinski definition) is 3. The van der Waals surface area contributed by atoms with Crippen molar-refractivity contribution >= 4 is 0 Å². The average Bonchev–Trinajstić information content (AvgIpc) is 3.07. The number of benzene rings is 1. The van der Waals surface area contributed by atoms with E-state index in [0.717, 1.165) is 13.1 Å². The van der Waals surface area contributed by atoms with Crippen molar-refractivity contribution in [3.63, 3.8) is 0 Å². The molecular formula is C18H23N3. The number of nitrogens with one attached hydrogen (secondary N) is 1. The first-order valence-electron chi connectivity index (χ1n) is 7.82. The lowest BCUT2D eigenvalue weighted by molar-refractivity contribution is 0.238. The van der Waals surface area contributed by atoms with Gasteiger partial charge in [0.05, 0.1) is 0 Å². The second kappa shape index (κ2) is 7.34. The SMILES string of the molecule is c1ccc([C@@H](CNCc2ccncc2)N2CCCC2)cc1. The maximum absolute atomic E-state index is 4.06. The Labute approximate surface area is 127 Å². The molecule has 1 aromatic heterocycles. The molecule has 0 aliphatic carbocycles. The molecule has 0 bridgehead atoms. The van der Waals surface area contributed by atoms with E-state index in [1.807, 2.05) is 12.4 Å². The van der Waals surface area contributed by atoms with Crippen molar-refractivity contribution in [3.8, 4) is 0 Å². The third-order valence-corrected chi connectivity index (χ3v) is 4.18. The molecule has 0 radical (unpaired) electrons. The van der Waals surface area contributed by atoms with E-state index in [1.165, 1.54) is 37.1 Å². The molecule has 0 saturated carbocycles. The summed E-state index contributed by atoms with van der Waals surface area (Å²) in [6.07, 6.45) is 6.36. The first-order valence-corrected chi connectivity index (χ1v) is 7.82. The van der Waals surface area contributed by atoms with E-state index in [0.29, 0.717) is 6.04 Å². The van der Waals surface area contributed by atoms with Gasteiger partial charge in [0, 0.05) is 31.5 Å². The third-order valence-electron chi connectivity index (χ3n) is 4.18. The van der Waals surface area contributed by atoms with E-state index < -0.39 is 0 Å². The molecule has 0 spiro atoms. The highest BCUT2D eigenvalue weighted by Gasteiger charge is 2.22. The Morgan fingerprint density at radius 2 is 1.71 bits per heavy atom. The summed E-state index contributed by atoms with van der Waals surface area (Å²) < 4.78 is 0. The Morgan fingerprint density at radius 3 is 2.43 bits per heavy atom. The van der Waals surface area contributed by atoms with E-state index in [9.17, 15) is 0 Å². The normalized spacial score (nSPS) is 17.0. The van der Waals surface area contributed by atoms with Crippen LogP contribution in [-0.2, 0) is 6.54 Å². The zero-order chi connectivity index (χ0) is 14.3. The lowest BCUT2D eigenvalue weighted by Crippen LogP contribution is -2.34. The van der Waals surface area contributed by atoms with Gasteiger partial charge in [-0.25, -0.2) is 0 Å². The fourth-order valence-corrected chi connectivity index (χ4v) is 3.04. The number of likely N-dealkylation sites (tertiary alicyclic amines) is 1. The van der Waals surface area contributed by atoms with Crippen LogP contribution < -0.4 is 5.32 Å². The van der Waals surface area contributed by atoms with Crippen molar-refractivity contribution in [2.45, 2.75) is 25.4 Å². The molecule has 110 valence electrons. The molecule has 1 aromatic carbocycles. The zero-order valence-electron chi connectivity index (χ0n) is 12.4. The molecule has 3 nitrogen and oxygen atoms in total. The maximum Gasteiger partial charge on any atom is 0.0472 e. The van der Waals surface area contributed by atoms with Crippen LogP contribution in [0.4, 0.5) is 0 Å². The van der Waals surface area contributed by atoms with Gasteiger partial charge in [-0.1, -0.05) is 30.3 Å². The van der Waals surface area contributed by atoms with Crippen LogP contribution in [0.2, 0.25) is 0 Å². The highest BCUT2D eigenvalue weighted by Crippen LogP contribution is 2.24. The summed E-state index contributed by atoms with van der Waals surface area (Å²) in [5.41, 5.74) is 2.71. The van der Waals surface area contributed by atoms with Crippen LogP contribution in [0, 0.1) is 0 Å². The summed E-state index contributed by atoms with van der Waals surface area (Å²) >= 11 is 0.